The number of nitrogens with zero attached hydrogens (tertiary/aromatic N) is 1. The lowest BCUT2D eigenvalue weighted by Crippen LogP contribution is -2.09. The second-order valence-electron chi connectivity index (χ2n) is 2.32. The van der Waals surface area contributed by atoms with Crippen molar-refractivity contribution in [1.29, 1.82) is 0 Å². The maximum absolute atomic E-state index is 12.1. The molecule has 0 spiro atoms. The molecule has 1 heterocycles. The summed E-state index contributed by atoms with van der Waals surface area (Å²) in [5, 5.41) is 0. The lowest BCUT2D eigenvalue weighted by Gasteiger charge is -2.07. The standard InChI is InChI=1S/C7H5BrF3N/c1-4-2-5(8)3-12-6(4)7(9,10)11/h2-3H,1H3. The van der Waals surface area contributed by atoms with E-state index in [1.165, 1.54) is 13.0 Å². The Morgan fingerprint density at radius 2 is 2.00 bits per heavy atom. The highest BCUT2D eigenvalue weighted by molar-refractivity contribution is 9.10. The first-order chi connectivity index (χ1) is 5.41. The third kappa shape index (κ3) is 1.97. The Hall–Kier alpha value is -0.580. The molecule has 1 aromatic heterocycles. The second kappa shape index (κ2) is 3.05. The number of rotatable bonds is 0. The summed E-state index contributed by atoms with van der Waals surface area (Å²) in [6.45, 7) is 1.38. The number of aryl methyl sites for hydroxylation is 1. The number of aromatic nitrogens is 1. The maximum atomic E-state index is 12.1. The van der Waals surface area contributed by atoms with E-state index in [2.05, 4.69) is 20.9 Å². The van der Waals surface area contributed by atoms with Gasteiger partial charge in [0.15, 0.2) is 0 Å². The van der Waals surface area contributed by atoms with Crippen LogP contribution >= 0.6 is 15.9 Å². The molecule has 0 aliphatic rings. The molecule has 12 heavy (non-hydrogen) atoms. The molecular weight excluding hydrogens is 235 g/mol. The van der Waals surface area contributed by atoms with Gasteiger partial charge in [-0.1, -0.05) is 0 Å². The summed E-state index contributed by atoms with van der Waals surface area (Å²) in [7, 11) is 0. The van der Waals surface area contributed by atoms with E-state index in [1.807, 2.05) is 0 Å². The molecule has 0 aromatic carbocycles. The summed E-state index contributed by atoms with van der Waals surface area (Å²) in [4.78, 5) is 3.28. The van der Waals surface area contributed by atoms with Crippen LogP contribution in [-0.4, -0.2) is 4.98 Å². The average Bonchev–Trinajstić information content (AvgIpc) is 1.83. The molecule has 0 fully saturated rings. The molecule has 0 saturated carbocycles. The van der Waals surface area contributed by atoms with Gasteiger partial charge in [0.25, 0.3) is 0 Å². The first kappa shape index (κ1) is 9.51. The average molecular weight is 240 g/mol. The van der Waals surface area contributed by atoms with Gasteiger partial charge in [-0.3, -0.25) is 4.98 Å². The fraction of sp³-hybridized carbons (Fsp3) is 0.286. The minimum absolute atomic E-state index is 0.122. The zero-order valence-corrected chi connectivity index (χ0v) is 7.70. The molecule has 0 aliphatic carbocycles. The van der Waals surface area contributed by atoms with E-state index < -0.39 is 11.9 Å². The molecule has 1 rings (SSSR count). The molecule has 0 atom stereocenters. The Kier molecular flexibility index (Phi) is 2.41. The van der Waals surface area contributed by atoms with Crippen molar-refractivity contribution in [1.82, 2.24) is 4.98 Å². The summed E-state index contributed by atoms with van der Waals surface area (Å²) in [5.41, 5.74) is -0.706. The number of halogens is 4. The van der Waals surface area contributed by atoms with Crippen molar-refractivity contribution in [2.45, 2.75) is 13.1 Å². The molecule has 0 radical (unpaired) electrons. The second-order valence-corrected chi connectivity index (χ2v) is 3.23. The molecule has 0 aliphatic heterocycles. The van der Waals surface area contributed by atoms with Crippen LogP contribution in [0.2, 0.25) is 0 Å². The quantitative estimate of drug-likeness (QED) is 0.678. The van der Waals surface area contributed by atoms with Gasteiger partial charge in [-0.25, -0.2) is 0 Å². The summed E-state index contributed by atoms with van der Waals surface area (Å²) in [6.07, 6.45) is -3.22. The number of alkyl halides is 3. The number of pyridine rings is 1. The Labute approximate surface area is 75.7 Å². The zero-order valence-electron chi connectivity index (χ0n) is 6.11. The molecule has 0 amide bonds. The molecule has 0 bridgehead atoms. The van der Waals surface area contributed by atoms with Crippen molar-refractivity contribution >= 4 is 15.9 Å². The summed E-state index contributed by atoms with van der Waals surface area (Å²) >= 11 is 3.03. The van der Waals surface area contributed by atoms with Crippen LogP contribution in [0.5, 0.6) is 0 Å². The van der Waals surface area contributed by atoms with Gasteiger partial charge in [0.05, 0.1) is 0 Å². The van der Waals surface area contributed by atoms with Gasteiger partial charge in [0.1, 0.15) is 5.69 Å². The van der Waals surface area contributed by atoms with E-state index in [0.717, 1.165) is 6.20 Å². The van der Waals surface area contributed by atoms with E-state index in [-0.39, 0.29) is 5.56 Å². The monoisotopic (exact) mass is 239 g/mol. The van der Waals surface area contributed by atoms with Crippen molar-refractivity contribution in [3.8, 4) is 0 Å². The number of hydrogen-bond donors (Lipinski definition) is 0. The first-order valence-corrected chi connectivity index (χ1v) is 3.90. The zero-order chi connectivity index (χ0) is 9.35. The van der Waals surface area contributed by atoms with Crippen LogP contribution < -0.4 is 0 Å². The van der Waals surface area contributed by atoms with Gasteiger partial charge >= 0.3 is 6.18 Å². The molecule has 66 valence electrons. The third-order valence-electron chi connectivity index (χ3n) is 1.31. The van der Waals surface area contributed by atoms with Crippen LogP contribution in [0.25, 0.3) is 0 Å². The predicted molar refractivity (Wildman–Crippen MR) is 41.7 cm³/mol. The molecule has 1 aromatic rings. The van der Waals surface area contributed by atoms with Crippen LogP contribution in [0.4, 0.5) is 13.2 Å². The molecule has 0 unspecified atom stereocenters. The fourth-order valence-electron chi connectivity index (χ4n) is 0.837. The normalized spacial score (nSPS) is 11.8. The van der Waals surface area contributed by atoms with Gasteiger partial charge in [-0.05, 0) is 34.5 Å². The summed E-state index contributed by atoms with van der Waals surface area (Å²) in [5.74, 6) is 0. The van der Waals surface area contributed by atoms with Gasteiger partial charge in [-0.2, -0.15) is 13.2 Å². The third-order valence-corrected chi connectivity index (χ3v) is 1.75. The topological polar surface area (TPSA) is 12.9 Å². The molecule has 1 nitrogen and oxygen atoms in total. The highest BCUT2D eigenvalue weighted by Gasteiger charge is 2.34. The van der Waals surface area contributed by atoms with Gasteiger partial charge in [0, 0.05) is 10.7 Å². The lowest BCUT2D eigenvalue weighted by molar-refractivity contribution is -0.141. The van der Waals surface area contributed by atoms with Crippen LogP contribution in [0, 0.1) is 6.92 Å². The Morgan fingerprint density at radius 3 is 2.42 bits per heavy atom. The van der Waals surface area contributed by atoms with Crippen LogP contribution in [0.1, 0.15) is 11.3 Å². The van der Waals surface area contributed by atoms with Crippen molar-refractivity contribution < 1.29 is 13.2 Å². The lowest BCUT2D eigenvalue weighted by atomic mass is 10.2. The van der Waals surface area contributed by atoms with E-state index >= 15 is 0 Å². The van der Waals surface area contributed by atoms with Gasteiger partial charge in [0.2, 0.25) is 0 Å². The van der Waals surface area contributed by atoms with E-state index in [4.69, 9.17) is 0 Å². The SMILES string of the molecule is Cc1cc(Br)cnc1C(F)(F)F. The van der Waals surface area contributed by atoms with Crippen molar-refractivity contribution in [2.75, 3.05) is 0 Å². The molecule has 0 N–H and O–H groups in total. The largest absolute Gasteiger partial charge is 0.433 e. The van der Waals surface area contributed by atoms with Crippen LogP contribution in [0.15, 0.2) is 16.7 Å². The first-order valence-electron chi connectivity index (χ1n) is 3.10. The minimum Gasteiger partial charge on any atom is -0.250 e. The van der Waals surface area contributed by atoms with E-state index in [1.54, 1.807) is 0 Å². The van der Waals surface area contributed by atoms with E-state index in [0.29, 0.717) is 4.47 Å². The summed E-state index contributed by atoms with van der Waals surface area (Å²) in [6, 6.07) is 1.38. The Bertz CT molecular complexity index is 295. The highest BCUT2D eigenvalue weighted by atomic mass is 79.9. The van der Waals surface area contributed by atoms with Crippen LogP contribution in [-0.2, 0) is 6.18 Å². The summed E-state index contributed by atoms with van der Waals surface area (Å²) < 4.78 is 36.9. The highest BCUT2D eigenvalue weighted by Crippen LogP contribution is 2.30. The van der Waals surface area contributed by atoms with Crippen LogP contribution in [0.3, 0.4) is 0 Å². The van der Waals surface area contributed by atoms with Crippen molar-refractivity contribution in [3.63, 3.8) is 0 Å². The van der Waals surface area contributed by atoms with Crippen molar-refractivity contribution in [2.24, 2.45) is 0 Å². The van der Waals surface area contributed by atoms with Gasteiger partial charge in [-0.15, -0.1) is 0 Å². The molecule has 0 saturated heterocycles. The van der Waals surface area contributed by atoms with E-state index in [9.17, 15) is 13.2 Å². The predicted octanol–water partition coefficient (Wildman–Crippen LogP) is 3.17. The fourth-order valence-corrected chi connectivity index (χ4v) is 1.28. The smallest absolute Gasteiger partial charge is 0.250 e. The number of hydrogen-bond acceptors (Lipinski definition) is 1. The van der Waals surface area contributed by atoms with Gasteiger partial charge < -0.3 is 0 Å². The minimum atomic E-state index is -4.36. The molecular formula is C7H5BrF3N. The molecule has 5 heteroatoms. The Balaban J connectivity index is 3.19. The maximum Gasteiger partial charge on any atom is 0.433 e. The van der Waals surface area contributed by atoms with Crippen molar-refractivity contribution in [3.05, 3.63) is 28.0 Å². The Morgan fingerprint density at radius 1 is 1.42 bits per heavy atom.